The van der Waals surface area contributed by atoms with Gasteiger partial charge >= 0.3 is 0 Å². The molecule has 0 aliphatic heterocycles. The second kappa shape index (κ2) is 6.41. The largest absolute Gasteiger partial charge is 0.424 e. The Bertz CT molecular complexity index is 898. The number of carbonyl (C=O) groups is 1. The second-order valence-corrected chi connectivity index (χ2v) is 5.68. The summed E-state index contributed by atoms with van der Waals surface area (Å²) in [6, 6.07) is 10.1. The molecule has 0 radical (unpaired) electrons. The molecule has 0 spiro atoms. The highest BCUT2D eigenvalue weighted by Gasteiger charge is 2.17. The van der Waals surface area contributed by atoms with E-state index in [0.717, 1.165) is 11.4 Å². The van der Waals surface area contributed by atoms with Crippen molar-refractivity contribution in [1.82, 2.24) is 9.78 Å². The normalized spacial score (nSPS) is 10.7. The number of anilines is 1. The first-order valence-electron chi connectivity index (χ1n) is 7.29. The molecule has 1 amide bonds. The van der Waals surface area contributed by atoms with Gasteiger partial charge in [0.15, 0.2) is 5.76 Å². The minimum atomic E-state index is -0.372. The standard InChI is InChI=1S/C17H16ClN3O3/c1-10-16(11(2)21(3)20-10)19-17(22)14-8-9-15(24-14)23-13-7-5-4-6-12(13)18/h4-9H,1-3H3,(H,19,22). The molecule has 0 saturated heterocycles. The summed E-state index contributed by atoms with van der Waals surface area (Å²) in [6.45, 7) is 3.71. The molecule has 3 rings (SSSR count). The predicted octanol–water partition coefficient (Wildman–Crippen LogP) is 4.33. The average molecular weight is 346 g/mol. The van der Waals surface area contributed by atoms with Crippen molar-refractivity contribution in [3.8, 4) is 11.7 Å². The lowest BCUT2D eigenvalue weighted by Gasteiger charge is -2.05. The van der Waals surface area contributed by atoms with Crippen LogP contribution in [-0.2, 0) is 7.05 Å². The van der Waals surface area contributed by atoms with Crippen molar-refractivity contribution in [2.75, 3.05) is 5.32 Å². The molecule has 1 N–H and O–H groups in total. The number of hydrogen-bond donors (Lipinski definition) is 1. The monoisotopic (exact) mass is 345 g/mol. The molecule has 0 aliphatic carbocycles. The Morgan fingerprint density at radius 2 is 2.00 bits per heavy atom. The Hall–Kier alpha value is -2.73. The molecule has 2 heterocycles. The summed E-state index contributed by atoms with van der Waals surface area (Å²) in [6.07, 6.45) is 0. The van der Waals surface area contributed by atoms with E-state index in [2.05, 4.69) is 10.4 Å². The van der Waals surface area contributed by atoms with Gasteiger partial charge in [-0.15, -0.1) is 0 Å². The van der Waals surface area contributed by atoms with E-state index in [0.29, 0.717) is 16.5 Å². The van der Waals surface area contributed by atoms with E-state index in [4.69, 9.17) is 20.8 Å². The molecular formula is C17H16ClN3O3. The molecule has 1 aromatic carbocycles. The molecule has 3 aromatic rings. The zero-order valence-electron chi connectivity index (χ0n) is 13.5. The van der Waals surface area contributed by atoms with Crippen LogP contribution in [0.15, 0.2) is 40.8 Å². The summed E-state index contributed by atoms with van der Waals surface area (Å²) in [7, 11) is 1.82. The second-order valence-electron chi connectivity index (χ2n) is 5.27. The van der Waals surface area contributed by atoms with Crippen LogP contribution in [0.3, 0.4) is 0 Å². The molecule has 124 valence electrons. The van der Waals surface area contributed by atoms with Gasteiger partial charge in [0, 0.05) is 13.1 Å². The third-order valence-electron chi connectivity index (χ3n) is 3.60. The molecule has 0 unspecified atom stereocenters. The molecule has 7 heteroatoms. The highest BCUT2D eigenvalue weighted by Crippen LogP contribution is 2.30. The van der Waals surface area contributed by atoms with E-state index >= 15 is 0 Å². The lowest BCUT2D eigenvalue weighted by molar-refractivity contribution is 0.0991. The van der Waals surface area contributed by atoms with Crippen molar-refractivity contribution in [2.24, 2.45) is 7.05 Å². The Morgan fingerprint density at radius 3 is 2.67 bits per heavy atom. The summed E-state index contributed by atoms with van der Waals surface area (Å²) < 4.78 is 12.7. The molecule has 24 heavy (non-hydrogen) atoms. The van der Waals surface area contributed by atoms with Crippen molar-refractivity contribution in [2.45, 2.75) is 13.8 Å². The van der Waals surface area contributed by atoms with Crippen LogP contribution < -0.4 is 10.1 Å². The number of benzene rings is 1. The van der Waals surface area contributed by atoms with Crippen LogP contribution in [0.2, 0.25) is 5.02 Å². The smallest absolute Gasteiger partial charge is 0.291 e. The number of aryl methyl sites for hydroxylation is 2. The molecule has 0 saturated carbocycles. The molecule has 6 nitrogen and oxygen atoms in total. The Labute approximate surface area is 144 Å². The summed E-state index contributed by atoms with van der Waals surface area (Å²) in [5.74, 6) is 0.412. The number of amides is 1. The Kier molecular flexibility index (Phi) is 4.31. The van der Waals surface area contributed by atoms with Gasteiger partial charge in [0.25, 0.3) is 11.9 Å². The number of halogens is 1. The molecule has 0 fully saturated rings. The third-order valence-corrected chi connectivity index (χ3v) is 3.91. The number of rotatable bonds is 4. The van der Waals surface area contributed by atoms with Crippen LogP contribution >= 0.6 is 11.6 Å². The first kappa shape index (κ1) is 16.1. The Morgan fingerprint density at radius 1 is 1.25 bits per heavy atom. The number of ether oxygens (including phenoxy) is 1. The summed E-state index contributed by atoms with van der Waals surface area (Å²) >= 11 is 6.03. The fourth-order valence-corrected chi connectivity index (χ4v) is 2.44. The molecule has 2 aromatic heterocycles. The number of furan rings is 1. The van der Waals surface area contributed by atoms with E-state index in [9.17, 15) is 4.79 Å². The van der Waals surface area contributed by atoms with E-state index in [1.54, 1.807) is 41.1 Å². The quantitative estimate of drug-likeness (QED) is 0.764. The fraction of sp³-hybridized carbons (Fsp3) is 0.176. The maximum Gasteiger partial charge on any atom is 0.291 e. The predicted molar refractivity (Wildman–Crippen MR) is 90.9 cm³/mol. The SMILES string of the molecule is Cc1nn(C)c(C)c1NC(=O)c1ccc(Oc2ccccc2Cl)o1. The number of aromatic nitrogens is 2. The van der Waals surface area contributed by atoms with Gasteiger partial charge in [-0.1, -0.05) is 23.7 Å². The van der Waals surface area contributed by atoms with Crippen LogP contribution in [0.4, 0.5) is 5.69 Å². The summed E-state index contributed by atoms with van der Waals surface area (Å²) in [5.41, 5.74) is 2.27. The lowest BCUT2D eigenvalue weighted by Crippen LogP contribution is -2.12. The summed E-state index contributed by atoms with van der Waals surface area (Å²) in [4.78, 5) is 12.3. The van der Waals surface area contributed by atoms with E-state index < -0.39 is 0 Å². The van der Waals surface area contributed by atoms with Crippen molar-refractivity contribution >= 4 is 23.2 Å². The van der Waals surface area contributed by atoms with Crippen molar-refractivity contribution < 1.29 is 13.9 Å². The zero-order valence-corrected chi connectivity index (χ0v) is 14.2. The minimum Gasteiger partial charge on any atom is -0.424 e. The lowest BCUT2D eigenvalue weighted by atomic mass is 10.3. The van der Waals surface area contributed by atoms with Gasteiger partial charge in [0.05, 0.1) is 22.1 Å². The fourth-order valence-electron chi connectivity index (χ4n) is 2.26. The number of para-hydroxylation sites is 1. The van der Waals surface area contributed by atoms with Gasteiger partial charge in [-0.25, -0.2) is 0 Å². The van der Waals surface area contributed by atoms with Crippen LogP contribution in [-0.4, -0.2) is 15.7 Å². The topological polar surface area (TPSA) is 69.3 Å². The molecule has 0 aliphatic rings. The van der Waals surface area contributed by atoms with Crippen molar-refractivity contribution in [1.29, 1.82) is 0 Å². The van der Waals surface area contributed by atoms with E-state index in [-0.39, 0.29) is 17.6 Å². The van der Waals surface area contributed by atoms with Gasteiger partial charge in [0.2, 0.25) is 0 Å². The molecule has 0 bridgehead atoms. The van der Waals surface area contributed by atoms with Gasteiger partial charge in [0.1, 0.15) is 5.75 Å². The highest BCUT2D eigenvalue weighted by atomic mass is 35.5. The maximum atomic E-state index is 12.3. The number of carbonyl (C=O) groups excluding carboxylic acids is 1. The van der Waals surface area contributed by atoms with Crippen LogP contribution in [0.25, 0.3) is 0 Å². The maximum absolute atomic E-state index is 12.3. The number of nitrogens with zero attached hydrogens (tertiary/aromatic N) is 2. The van der Waals surface area contributed by atoms with Crippen LogP contribution in [0, 0.1) is 13.8 Å². The first-order valence-corrected chi connectivity index (χ1v) is 7.67. The van der Waals surface area contributed by atoms with Crippen molar-refractivity contribution in [3.05, 3.63) is 58.6 Å². The first-order chi connectivity index (χ1) is 11.5. The highest BCUT2D eigenvalue weighted by molar-refractivity contribution is 6.32. The van der Waals surface area contributed by atoms with Gasteiger partial charge in [-0.3, -0.25) is 9.48 Å². The van der Waals surface area contributed by atoms with E-state index in [1.807, 2.05) is 20.9 Å². The number of hydrogen-bond acceptors (Lipinski definition) is 4. The van der Waals surface area contributed by atoms with Crippen LogP contribution in [0.1, 0.15) is 21.9 Å². The summed E-state index contributed by atoms with van der Waals surface area (Å²) in [5, 5.41) is 7.53. The zero-order chi connectivity index (χ0) is 17.3. The minimum absolute atomic E-state index is 0.139. The van der Waals surface area contributed by atoms with Gasteiger partial charge in [-0.2, -0.15) is 5.10 Å². The Balaban J connectivity index is 1.75. The molecule has 0 atom stereocenters. The van der Waals surface area contributed by atoms with Crippen LogP contribution in [0.5, 0.6) is 11.7 Å². The third kappa shape index (κ3) is 3.14. The van der Waals surface area contributed by atoms with Gasteiger partial charge in [-0.05, 0) is 32.0 Å². The van der Waals surface area contributed by atoms with Gasteiger partial charge < -0.3 is 14.5 Å². The molecular weight excluding hydrogens is 330 g/mol. The van der Waals surface area contributed by atoms with E-state index in [1.165, 1.54) is 0 Å². The average Bonchev–Trinajstić information content (AvgIpc) is 3.10. The number of nitrogens with one attached hydrogen (secondary N) is 1. The van der Waals surface area contributed by atoms with Crippen molar-refractivity contribution in [3.63, 3.8) is 0 Å².